The molecule has 0 aromatic heterocycles. The number of hydrogen-bond acceptors (Lipinski definition) is 4. The molecule has 2 aromatic carbocycles. The maximum absolute atomic E-state index is 12.7. The number of likely N-dealkylation sites (tertiary alicyclic amines) is 1. The molecule has 0 radical (unpaired) electrons. The van der Waals surface area contributed by atoms with Crippen molar-refractivity contribution in [3.63, 3.8) is 0 Å². The van der Waals surface area contributed by atoms with Gasteiger partial charge in [-0.25, -0.2) is 13.2 Å². The number of sulfone groups is 1. The molecule has 0 saturated carbocycles. The summed E-state index contributed by atoms with van der Waals surface area (Å²) >= 11 is 0. The lowest BCUT2D eigenvalue weighted by atomic mass is 10.1. The molecule has 0 bridgehead atoms. The number of benzene rings is 2. The van der Waals surface area contributed by atoms with Crippen LogP contribution in [-0.2, 0) is 15.6 Å². The lowest BCUT2D eigenvalue weighted by Crippen LogP contribution is -2.44. The average molecular weight is 388 g/mol. The van der Waals surface area contributed by atoms with Crippen molar-refractivity contribution in [2.24, 2.45) is 0 Å². The lowest BCUT2D eigenvalue weighted by Gasteiger charge is -2.32. The lowest BCUT2D eigenvalue weighted by molar-refractivity contribution is 0.200. The standard InChI is InChI=1S/C20H24N2O4S/c1-26-19-10-6-5-9-18(19)21-20(23)22-13-11-17(12-14-22)27(24,25)15-16-7-3-2-4-8-16/h2-10,17H,11-15H2,1H3,(H,21,23). The number of rotatable bonds is 5. The van der Waals surface area contributed by atoms with Gasteiger partial charge in [-0.2, -0.15) is 0 Å². The summed E-state index contributed by atoms with van der Waals surface area (Å²) in [6, 6.07) is 16.2. The molecule has 1 aliphatic heterocycles. The molecule has 1 N–H and O–H groups in total. The van der Waals surface area contributed by atoms with E-state index in [2.05, 4.69) is 5.32 Å². The van der Waals surface area contributed by atoms with Crippen molar-refractivity contribution in [1.82, 2.24) is 4.90 Å². The van der Waals surface area contributed by atoms with Crippen LogP contribution in [0.2, 0.25) is 0 Å². The molecule has 1 fully saturated rings. The van der Waals surface area contributed by atoms with Gasteiger partial charge in [0.1, 0.15) is 5.75 Å². The zero-order valence-corrected chi connectivity index (χ0v) is 16.1. The Balaban J connectivity index is 1.57. The Morgan fingerprint density at radius 1 is 1.07 bits per heavy atom. The van der Waals surface area contributed by atoms with E-state index in [1.165, 1.54) is 0 Å². The van der Waals surface area contributed by atoms with Crippen LogP contribution in [0.1, 0.15) is 18.4 Å². The predicted molar refractivity (Wildman–Crippen MR) is 106 cm³/mol. The third kappa shape index (κ3) is 4.80. The smallest absolute Gasteiger partial charge is 0.321 e. The molecule has 2 aromatic rings. The fourth-order valence-corrected chi connectivity index (χ4v) is 5.11. The number of para-hydroxylation sites is 2. The van der Waals surface area contributed by atoms with Crippen molar-refractivity contribution < 1.29 is 17.9 Å². The minimum absolute atomic E-state index is 0.0475. The maximum Gasteiger partial charge on any atom is 0.321 e. The fraction of sp³-hybridized carbons (Fsp3) is 0.350. The van der Waals surface area contributed by atoms with E-state index in [4.69, 9.17) is 4.74 Å². The highest BCUT2D eigenvalue weighted by atomic mass is 32.2. The number of piperidine rings is 1. The van der Waals surface area contributed by atoms with Crippen LogP contribution < -0.4 is 10.1 Å². The first-order valence-corrected chi connectivity index (χ1v) is 10.7. The molecule has 1 heterocycles. The Kier molecular flexibility index (Phi) is 6.01. The summed E-state index contributed by atoms with van der Waals surface area (Å²) in [5.74, 6) is 0.637. The van der Waals surface area contributed by atoms with E-state index in [1.54, 1.807) is 24.1 Å². The van der Waals surface area contributed by atoms with E-state index in [0.29, 0.717) is 37.4 Å². The topological polar surface area (TPSA) is 75.7 Å². The molecule has 0 spiro atoms. The second-order valence-corrected chi connectivity index (χ2v) is 8.89. The summed E-state index contributed by atoms with van der Waals surface area (Å²) in [5.41, 5.74) is 1.40. The second-order valence-electron chi connectivity index (χ2n) is 6.61. The van der Waals surface area contributed by atoms with Crippen LogP contribution >= 0.6 is 0 Å². The van der Waals surface area contributed by atoms with Gasteiger partial charge < -0.3 is 15.0 Å². The first-order chi connectivity index (χ1) is 13.0. The van der Waals surface area contributed by atoms with Gasteiger partial charge in [0, 0.05) is 13.1 Å². The summed E-state index contributed by atoms with van der Waals surface area (Å²) in [5, 5.41) is 2.43. The summed E-state index contributed by atoms with van der Waals surface area (Å²) in [7, 11) is -1.68. The van der Waals surface area contributed by atoms with Crippen LogP contribution in [0.25, 0.3) is 0 Å². The fourth-order valence-electron chi connectivity index (χ4n) is 3.28. The molecule has 6 nitrogen and oxygen atoms in total. The third-order valence-electron chi connectivity index (χ3n) is 4.80. The van der Waals surface area contributed by atoms with E-state index < -0.39 is 15.1 Å². The zero-order chi connectivity index (χ0) is 19.3. The van der Waals surface area contributed by atoms with Gasteiger partial charge in [0.05, 0.1) is 23.8 Å². The number of amides is 2. The second kappa shape index (κ2) is 8.43. The zero-order valence-electron chi connectivity index (χ0n) is 15.3. The van der Waals surface area contributed by atoms with Crippen LogP contribution in [0.5, 0.6) is 5.75 Å². The number of urea groups is 1. The molecule has 7 heteroatoms. The van der Waals surface area contributed by atoms with Gasteiger partial charge >= 0.3 is 6.03 Å². The van der Waals surface area contributed by atoms with Crippen molar-refractivity contribution in [2.45, 2.75) is 23.8 Å². The van der Waals surface area contributed by atoms with E-state index in [1.807, 2.05) is 42.5 Å². The third-order valence-corrected chi connectivity index (χ3v) is 7.02. The van der Waals surface area contributed by atoms with Crippen molar-refractivity contribution in [3.05, 3.63) is 60.2 Å². The molecular weight excluding hydrogens is 364 g/mol. The quantitative estimate of drug-likeness (QED) is 0.853. The molecule has 144 valence electrons. The largest absolute Gasteiger partial charge is 0.495 e. The van der Waals surface area contributed by atoms with E-state index in [9.17, 15) is 13.2 Å². The number of nitrogens with zero attached hydrogens (tertiary/aromatic N) is 1. The first-order valence-electron chi connectivity index (χ1n) is 8.94. The first kappa shape index (κ1) is 19.2. The predicted octanol–water partition coefficient (Wildman–Crippen LogP) is 3.31. The Labute approximate surface area is 160 Å². The van der Waals surface area contributed by atoms with Crippen LogP contribution in [0, 0.1) is 0 Å². The Hall–Kier alpha value is -2.54. The molecule has 0 aliphatic carbocycles. The molecule has 3 rings (SSSR count). The van der Waals surface area contributed by atoms with Gasteiger partial charge in [-0.05, 0) is 30.5 Å². The Bertz CT molecular complexity index is 876. The number of ether oxygens (including phenoxy) is 1. The van der Waals surface area contributed by atoms with E-state index in [-0.39, 0.29) is 11.8 Å². The summed E-state index contributed by atoms with van der Waals surface area (Å²) in [6.07, 6.45) is 0.906. The minimum Gasteiger partial charge on any atom is -0.495 e. The molecule has 0 atom stereocenters. The number of nitrogens with one attached hydrogen (secondary N) is 1. The van der Waals surface area contributed by atoms with Gasteiger partial charge in [0.15, 0.2) is 9.84 Å². The van der Waals surface area contributed by atoms with E-state index >= 15 is 0 Å². The molecule has 27 heavy (non-hydrogen) atoms. The molecule has 1 saturated heterocycles. The normalized spacial score (nSPS) is 15.4. The van der Waals surface area contributed by atoms with Crippen LogP contribution in [0.15, 0.2) is 54.6 Å². The highest BCUT2D eigenvalue weighted by Gasteiger charge is 2.31. The van der Waals surface area contributed by atoms with Gasteiger partial charge in [-0.15, -0.1) is 0 Å². The molecule has 1 aliphatic rings. The monoisotopic (exact) mass is 388 g/mol. The van der Waals surface area contributed by atoms with Gasteiger partial charge in [0.25, 0.3) is 0 Å². The van der Waals surface area contributed by atoms with Crippen LogP contribution in [-0.4, -0.2) is 44.8 Å². The summed E-state index contributed by atoms with van der Waals surface area (Å²) < 4.78 is 30.6. The summed E-state index contributed by atoms with van der Waals surface area (Å²) in [4.78, 5) is 14.1. The van der Waals surface area contributed by atoms with E-state index in [0.717, 1.165) is 5.56 Å². The van der Waals surface area contributed by atoms with Gasteiger partial charge in [-0.3, -0.25) is 0 Å². The van der Waals surface area contributed by atoms with Crippen molar-refractivity contribution >= 4 is 21.6 Å². The number of anilines is 1. The SMILES string of the molecule is COc1ccccc1NC(=O)N1CCC(S(=O)(=O)Cc2ccccc2)CC1. The van der Waals surface area contributed by atoms with Gasteiger partial charge in [-0.1, -0.05) is 42.5 Å². The van der Waals surface area contributed by atoms with Gasteiger partial charge in [0.2, 0.25) is 0 Å². The van der Waals surface area contributed by atoms with Crippen molar-refractivity contribution in [3.8, 4) is 5.75 Å². The average Bonchev–Trinajstić information content (AvgIpc) is 2.69. The van der Waals surface area contributed by atoms with Crippen molar-refractivity contribution in [2.75, 3.05) is 25.5 Å². The number of carbonyl (C=O) groups is 1. The number of carbonyl (C=O) groups excluding carboxylic acids is 1. The number of hydrogen-bond donors (Lipinski definition) is 1. The maximum atomic E-state index is 12.7. The van der Waals surface area contributed by atoms with Crippen molar-refractivity contribution in [1.29, 1.82) is 0 Å². The Morgan fingerprint density at radius 2 is 1.70 bits per heavy atom. The highest BCUT2D eigenvalue weighted by Crippen LogP contribution is 2.25. The molecule has 2 amide bonds. The van der Waals surface area contributed by atoms with Crippen LogP contribution in [0.3, 0.4) is 0 Å². The highest BCUT2D eigenvalue weighted by molar-refractivity contribution is 7.91. The summed E-state index contributed by atoms with van der Waals surface area (Å²) in [6.45, 7) is 0.833. The number of methoxy groups -OCH3 is 1. The van der Waals surface area contributed by atoms with Crippen LogP contribution in [0.4, 0.5) is 10.5 Å². The Morgan fingerprint density at radius 3 is 2.37 bits per heavy atom. The molecule has 0 unspecified atom stereocenters. The minimum atomic E-state index is -3.23. The molecular formula is C20H24N2O4S.